The topological polar surface area (TPSA) is 49.5 Å². The van der Waals surface area contributed by atoms with E-state index in [0.717, 1.165) is 37.6 Å². The summed E-state index contributed by atoms with van der Waals surface area (Å²) in [4.78, 5) is 2.53. The monoisotopic (exact) mass is 228 g/mol. The van der Waals surface area contributed by atoms with E-state index >= 15 is 0 Å². The van der Waals surface area contributed by atoms with Crippen LogP contribution in [0, 0.1) is 11.8 Å². The average Bonchev–Trinajstić information content (AvgIpc) is 2.58. The molecule has 0 aromatic heterocycles. The van der Waals surface area contributed by atoms with Gasteiger partial charge in [-0.3, -0.25) is 0 Å². The first-order valence-electron chi connectivity index (χ1n) is 6.63. The Bertz CT molecular complexity index is 194. The summed E-state index contributed by atoms with van der Waals surface area (Å²) in [5, 5.41) is 9.22. The van der Waals surface area contributed by atoms with Crippen LogP contribution in [-0.2, 0) is 0 Å². The van der Waals surface area contributed by atoms with E-state index in [0.29, 0.717) is 0 Å². The van der Waals surface area contributed by atoms with Crippen LogP contribution < -0.4 is 5.73 Å². The van der Waals surface area contributed by atoms with E-state index < -0.39 is 0 Å². The maximum absolute atomic E-state index is 9.22. The Morgan fingerprint density at radius 3 is 2.31 bits per heavy atom. The van der Waals surface area contributed by atoms with Crippen LogP contribution in [0.2, 0.25) is 0 Å². The van der Waals surface area contributed by atoms with Crippen LogP contribution in [0.4, 0.5) is 0 Å². The minimum atomic E-state index is -0.350. The van der Waals surface area contributed by atoms with Gasteiger partial charge in [-0.15, -0.1) is 0 Å². The summed E-state index contributed by atoms with van der Waals surface area (Å²) in [6, 6.07) is 0. The number of nitrogens with two attached hydrogens (primary N) is 1. The average molecular weight is 228 g/mol. The molecule has 0 radical (unpaired) electrons. The van der Waals surface area contributed by atoms with E-state index in [1.807, 2.05) is 0 Å². The van der Waals surface area contributed by atoms with Gasteiger partial charge in [0.2, 0.25) is 0 Å². The fourth-order valence-corrected chi connectivity index (χ4v) is 2.45. The Kier molecular flexibility index (Phi) is 5.22. The van der Waals surface area contributed by atoms with Crippen molar-refractivity contribution < 1.29 is 5.11 Å². The Morgan fingerprint density at radius 1 is 1.31 bits per heavy atom. The Balaban J connectivity index is 2.21. The normalized spacial score (nSPS) is 30.6. The van der Waals surface area contributed by atoms with Crippen LogP contribution in [0.15, 0.2) is 0 Å². The maximum atomic E-state index is 9.22. The lowest BCUT2D eigenvalue weighted by atomic mass is 9.92. The van der Waals surface area contributed by atoms with Crippen molar-refractivity contribution in [1.82, 2.24) is 4.90 Å². The molecule has 0 aliphatic carbocycles. The Morgan fingerprint density at radius 2 is 1.88 bits per heavy atom. The predicted molar refractivity (Wildman–Crippen MR) is 68.3 cm³/mol. The zero-order chi connectivity index (χ0) is 12.2. The van der Waals surface area contributed by atoms with Gasteiger partial charge in [-0.1, -0.05) is 20.8 Å². The highest BCUT2D eigenvalue weighted by atomic mass is 16.3. The van der Waals surface area contributed by atoms with Gasteiger partial charge in [-0.25, -0.2) is 0 Å². The first kappa shape index (κ1) is 13.9. The van der Waals surface area contributed by atoms with Crippen molar-refractivity contribution in [3.05, 3.63) is 0 Å². The molecule has 1 saturated heterocycles. The van der Waals surface area contributed by atoms with Crippen LogP contribution >= 0.6 is 0 Å². The molecule has 3 heteroatoms. The first-order valence-corrected chi connectivity index (χ1v) is 6.63. The van der Waals surface area contributed by atoms with Crippen molar-refractivity contribution in [1.29, 1.82) is 0 Å². The van der Waals surface area contributed by atoms with E-state index in [1.165, 1.54) is 13.1 Å². The third kappa shape index (κ3) is 3.72. The zero-order valence-corrected chi connectivity index (χ0v) is 11.1. The smallest absolute Gasteiger partial charge is 0.0611 e. The van der Waals surface area contributed by atoms with Gasteiger partial charge in [0.05, 0.1) is 6.61 Å². The molecule has 1 aliphatic rings. The summed E-state index contributed by atoms with van der Waals surface area (Å²) in [6.45, 7) is 10.4. The quantitative estimate of drug-likeness (QED) is 0.723. The molecule has 1 rings (SSSR count). The summed E-state index contributed by atoms with van der Waals surface area (Å²) in [6.07, 6.45) is 2.89. The lowest BCUT2D eigenvalue weighted by molar-refractivity contribution is 0.174. The standard InChI is InChI=1S/C13H28N2O/c1-4-13(14,10-16)6-5-7-15-8-11(2)12(3)9-15/h11-12,16H,4-10,14H2,1-3H3. The minimum Gasteiger partial charge on any atom is -0.394 e. The molecule has 3 N–H and O–H groups in total. The predicted octanol–water partition coefficient (Wildman–Crippen LogP) is 1.45. The summed E-state index contributed by atoms with van der Waals surface area (Å²) < 4.78 is 0. The number of aliphatic hydroxyl groups excluding tert-OH is 1. The molecule has 0 aromatic rings. The van der Waals surface area contributed by atoms with Crippen LogP contribution in [0.5, 0.6) is 0 Å². The molecule has 3 unspecified atom stereocenters. The van der Waals surface area contributed by atoms with Gasteiger partial charge < -0.3 is 15.7 Å². The zero-order valence-electron chi connectivity index (χ0n) is 11.1. The number of aliphatic hydroxyl groups is 1. The maximum Gasteiger partial charge on any atom is 0.0611 e. The first-order chi connectivity index (χ1) is 7.50. The second-order valence-corrected chi connectivity index (χ2v) is 5.69. The number of likely N-dealkylation sites (tertiary alicyclic amines) is 1. The van der Waals surface area contributed by atoms with Gasteiger partial charge in [-0.2, -0.15) is 0 Å². The molecule has 1 heterocycles. The largest absolute Gasteiger partial charge is 0.394 e. The third-order valence-electron chi connectivity index (χ3n) is 4.23. The molecule has 0 bridgehead atoms. The summed E-state index contributed by atoms with van der Waals surface area (Å²) >= 11 is 0. The number of hydrogen-bond donors (Lipinski definition) is 2. The molecule has 0 saturated carbocycles. The van der Waals surface area contributed by atoms with Gasteiger partial charge in [0.25, 0.3) is 0 Å². The molecule has 3 atom stereocenters. The third-order valence-corrected chi connectivity index (χ3v) is 4.23. The summed E-state index contributed by atoms with van der Waals surface area (Å²) in [5.74, 6) is 1.65. The van der Waals surface area contributed by atoms with Crippen LogP contribution in [0.3, 0.4) is 0 Å². The van der Waals surface area contributed by atoms with Crippen molar-refractivity contribution in [3.8, 4) is 0 Å². The van der Waals surface area contributed by atoms with Crippen molar-refractivity contribution in [2.45, 2.75) is 45.6 Å². The minimum absolute atomic E-state index is 0.107. The van der Waals surface area contributed by atoms with Gasteiger partial charge in [0.1, 0.15) is 0 Å². The molecule has 1 fully saturated rings. The highest BCUT2D eigenvalue weighted by molar-refractivity contribution is 4.83. The highest BCUT2D eigenvalue weighted by Gasteiger charge is 2.26. The van der Waals surface area contributed by atoms with Crippen molar-refractivity contribution in [3.63, 3.8) is 0 Å². The van der Waals surface area contributed by atoms with Crippen molar-refractivity contribution in [2.75, 3.05) is 26.2 Å². The van der Waals surface area contributed by atoms with Crippen LogP contribution in [-0.4, -0.2) is 41.8 Å². The van der Waals surface area contributed by atoms with E-state index in [2.05, 4.69) is 25.7 Å². The Labute approximate surface area is 100 Å². The van der Waals surface area contributed by atoms with E-state index in [9.17, 15) is 5.11 Å². The molecule has 0 spiro atoms. The molecule has 3 nitrogen and oxygen atoms in total. The van der Waals surface area contributed by atoms with E-state index in [-0.39, 0.29) is 12.1 Å². The number of rotatable bonds is 6. The van der Waals surface area contributed by atoms with Gasteiger partial charge in [0.15, 0.2) is 0 Å². The van der Waals surface area contributed by atoms with Gasteiger partial charge in [-0.05, 0) is 37.6 Å². The molecule has 16 heavy (non-hydrogen) atoms. The molecular formula is C13H28N2O. The molecule has 0 aromatic carbocycles. The summed E-state index contributed by atoms with van der Waals surface area (Å²) in [7, 11) is 0. The number of nitrogens with zero attached hydrogens (tertiary/aromatic N) is 1. The SMILES string of the molecule is CCC(N)(CO)CCCN1CC(C)C(C)C1. The lowest BCUT2D eigenvalue weighted by Crippen LogP contribution is -2.43. The second-order valence-electron chi connectivity index (χ2n) is 5.69. The van der Waals surface area contributed by atoms with Crippen molar-refractivity contribution >= 4 is 0 Å². The Hall–Kier alpha value is -0.120. The molecule has 96 valence electrons. The van der Waals surface area contributed by atoms with E-state index in [4.69, 9.17) is 5.73 Å². The van der Waals surface area contributed by atoms with Crippen LogP contribution in [0.1, 0.15) is 40.0 Å². The summed E-state index contributed by atoms with van der Waals surface area (Å²) in [5.41, 5.74) is 5.72. The van der Waals surface area contributed by atoms with Gasteiger partial charge >= 0.3 is 0 Å². The van der Waals surface area contributed by atoms with E-state index in [1.54, 1.807) is 0 Å². The van der Waals surface area contributed by atoms with Crippen LogP contribution in [0.25, 0.3) is 0 Å². The van der Waals surface area contributed by atoms with Crippen molar-refractivity contribution in [2.24, 2.45) is 17.6 Å². The highest BCUT2D eigenvalue weighted by Crippen LogP contribution is 2.23. The second kappa shape index (κ2) is 5.99. The fraction of sp³-hybridized carbons (Fsp3) is 1.00. The number of hydrogen-bond acceptors (Lipinski definition) is 3. The fourth-order valence-electron chi connectivity index (χ4n) is 2.45. The molecule has 1 aliphatic heterocycles. The molecule has 0 amide bonds. The lowest BCUT2D eigenvalue weighted by Gasteiger charge is -2.26. The van der Waals surface area contributed by atoms with Gasteiger partial charge in [0, 0.05) is 18.6 Å². The molecular weight excluding hydrogens is 200 g/mol.